The van der Waals surface area contributed by atoms with E-state index in [4.69, 9.17) is 11.6 Å². The molecule has 9 heteroatoms. The second-order valence-corrected chi connectivity index (χ2v) is 10.9. The van der Waals surface area contributed by atoms with Crippen LogP contribution in [0, 0.1) is 0 Å². The zero-order valence-corrected chi connectivity index (χ0v) is 22.6. The molecule has 0 fully saturated rings. The molecule has 0 saturated carbocycles. The van der Waals surface area contributed by atoms with Crippen molar-refractivity contribution in [2.24, 2.45) is 0 Å². The van der Waals surface area contributed by atoms with Gasteiger partial charge in [0.2, 0.25) is 11.8 Å². The van der Waals surface area contributed by atoms with Crippen molar-refractivity contribution in [2.45, 2.75) is 44.2 Å². The topological polar surface area (TPSA) is 86.8 Å². The average Bonchev–Trinajstić information content (AvgIpc) is 2.91. The van der Waals surface area contributed by atoms with Gasteiger partial charge >= 0.3 is 0 Å². The predicted octanol–water partition coefficient (Wildman–Crippen LogP) is 4.87. The van der Waals surface area contributed by atoms with Gasteiger partial charge in [0.1, 0.15) is 12.6 Å². The summed E-state index contributed by atoms with van der Waals surface area (Å²) >= 11 is 6.39. The van der Waals surface area contributed by atoms with Gasteiger partial charge in [-0.1, -0.05) is 85.6 Å². The fraction of sp³-hybridized carbons (Fsp3) is 0.286. The van der Waals surface area contributed by atoms with Crippen LogP contribution in [0.5, 0.6) is 0 Å². The van der Waals surface area contributed by atoms with Crippen LogP contribution in [0.25, 0.3) is 0 Å². The zero-order chi connectivity index (χ0) is 26.8. The van der Waals surface area contributed by atoms with E-state index in [1.165, 1.54) is 17.0 Å². The number of rotatable bonds is 12. The first-order valence-electron chi connectivity index (χ1n) is 12.2. The van der Waals surface area contributed by atoms with Crippen molar-refractivity contribution in [1.82, 2.24) is 10.2 Å². The highest BCUT2D eigenvalue weighted by atomic mass is 35.5. The minimum Gasteiger partial charge on any atom is -0.354 e. The van der Waals surface area contributed by atoms with Gasteiger partial charge in [-0.3, -0.25) is 13.9 Å². The van der Waals surface area contributed by atoms with Gasteiger partial charge in [-0.2, -0.15) is 0 Å². The Hall–Kier alpha value is -3.36. The summed E-state index contributed by atoms with van der Waals surface area (Å²) in [5.74, 6) is -0.825. The minimum absolute atomic E-state index is 0.0303. The number of hydrogen-bond donors (Lipinski definition) is 1. The molecule has 3 rings (SSSR count). The number of benzene rings is 3. The molecule has 37 heavy (non-hydrogen) atoms. The molecule has 3 aromatic carbocycles. The number of nitrogens with one attached hydrogen (secondary N) is 1. The Bertz CT molecular complexity index is 1290. The Kier molecular flexibility index (Phi) is 10.1. The smallest absolute Gasteiger partial charge is 0.264 e. The van der Waals surface area contributed by atoms with Crippen LogP contribution in [0.15, 0.2) is 89.8 Å². The lowest BCUT2D eigenvalue weighted by atomic mass is 10.1. The maximum absolute atomic E-state index is 13.8. The predicted molar refractivity (Wildman–Crippen MR) is 147 cm³/mol. The third kappa shape index (κ3) is 7.33. The molecule has 0 heterocycles. The molecule has 0 saturated heterocycles. The van der Waals surface area contributed by atoms with Gasteiger partial charge in [0.15, 0.2) is 0 Å². The summed E-state index contributed by atoms with van der Waals surface area (Å²) < 4.78 is 28.4. The van der Waals surface area contributed by atoms with Gasteiger partial charge in [0.05, 0.1) is 15.6 Å². The first-order chi connectivity index (χ1) is 17.8. The largest absolute Gasteiger partial charge is 0.354 e. The minimum atomic E-state index is -4.14. The Morgan fingerprint density at radius 2 is 1.51 bits per heavy atom. The van der Waals surface area contributed by atoms with E-state index < -0.39 is 28.5 Å². The Morgan fingerprint density at radius 1 is 0.919 bits per heavy atom. The van der Waals surface area contributed by atoms with Crippen molar-refractivity contribution in [3.63, 3.8) is 0 Å². The third-order valence-electron chi connectivity index (χ3n) is 5.92. The normalized spacial score (nSPS) is 12.0. The lowest BCUT2D eigenvalue weighted by Gasteiger charge is -2.32. The van der Waals surface area contributed by atoms with Crippen molar-refractivity contribution in [3.8, 4) is 0 Å². The van der Waals surface area contributed by atoms with Crippen LogP contribution in [0.1, 0.15) is 32.3 Å². The number of sulfonamides is 1. The molecule has 0 aliphatic carbocycles. The van der Waals surface area contributed by atoms with Crippen molar-refractivity contribution in [3.05, 3.63) is 95.5 Å². The molecule has 1 atom stereocenters. The number of anilines is 1. The Balaban J connectivity index is 1.98. The average molecular weight is 542 g/mol. The molecule has 0 unspecified atom stereocenters. The van der Waals surface area contributed by atoms with Crippen LogP contribution in [0.4, 0.5) is 5.69 Å². The summed E-state index contributed by atoms with van der Waals surface area (Å²) in [5, 5.41) is 3.06. The summed E-state index contributed by atoms with van der Waals surface area (Å²) in [5.41, 5.74) is 1.00. The van der Waals surface area contributed by atoms with Crippen LogP contribution < -0.4 is 9.62 Å². The Morgan fingerprint density at radius 3 is 2.14 bits per heavy atom. The lowest BCUT2D eigenvalue weighted by Crippen LogP contribution is -2.51. The summed E-state index contributed by atoms with van der Waals surface area (Å²) in [6.07, 6.45) is 1.74. The quantitative estimate of drug-likeness (QED) is 0.331. The van der Waals surface area contributed by atoms with Crippen LogP contribution in [-0.4, -0.2) is 44.3 Å². The highest BCUT2D eigenvalue weighted by Gasteiger charge is 2.33. The fourth-order valence-electron chi connectivity index (χ4n) is 3.79. The van der Waals surface area contributed by atoms with Gasteiger partial charge in [-0.15, -0.1) is 0 Å². The van der Waals surface area contributed by atoms with E-state index in [0.29, 0.717) is 6.54 Å². The fourth-order valence-corrected chi connectivity index (χ4v) is 5.53. The van der Waals surface area contributed by atoms with E-state index in [2.05, 4.69) is 5.32 Å². The molecule has 0 aliphatic heterocycles. The lowest BCUT2D eigenvalue weighted by molar-refractivity contribution is -0.139. The number of carbonyl (C=O) groups is 2. The molecule has 0 aliphatic rings. The molecular weight excluding hydrogens is 510 g/mol. The highest BCUT2D eigenvalue weighted by Crippen LogP contribution is 2.30. The summed E-state index contributed by atoms with van der Waals surface area (Å²) in [6.45, 7) is 3.79. The summed E-state index contributed by atoms with van der Waals surface area (Å²) in [4.78, 5) is 28.2. The van der Waals surface area contributed by atoms with Crippen molar-refractivity contribution in [1.29, 1.82) is 0 Å². The first kappa shape index (κ1) is 28.2. The number of para-hydroxylation sites is 1. The molecule has 1 N–H and O–H groups in total. The van der Waals surface area contributed by atoms with Crippen LogP contribution >= 0.6 is 11.6 Å². The van der Waals surface area contributed by atoms with Crippen LogP contribution in [0.3, 0.4) is 0 Å². The second kappa shape index (κ2) is 13.3. The number of carbonyl (C=O) groups excluding carboxylic acids is 2. The summed E-state index contributed by atoms with van der Waals surface area (Å²) in [7, 11) is -4.14. The van der Waals surface area contributed by atoms with E-state index in [1.54, 1.807) is 49.4 Å². The van der Waals surface area contributed by atoms with Crippen LogP contribution in [-0.2, 0) is 26.2 Å². The number of amides is 2. The van der Waals surface area contributed by atoms with Gasteiger partial charge in [0.25, 0.3) is 10.0 Å². The molecular formula is C28H32ClN3O4S. The SMILES string of the molecule is CCCCNC(=O)[C@@H](C)N(Cc1ccccc1)C(=O)CN(c1ccccc1Cl)S(=O)(=O)c1ccccc1. The number of nitrogens with zero attached hydrogens (tertiary/aromatic N) is 2. The van der Waals surface area contributed by atoms with Crippen LogP contribution in [0.2, 0.25) is 5.02 Å². The number of hydrogen-bond acceptors (Lipinski definition) is 4. The van der Waals surface area contributed by atoms with Gasteiger partial charge < -0.3 is 10.2 Å². The monoisotopic (exact) mass is 541 g/mol. The molecule has 196 valence electrons. The van der Waals surface area contributed by atoms with Crippen molar-refractivity contribution >= 4 is 39.1 Å². The molecule has 0 bridgehead atoms. The van der Waals surface area contributed by atoms with E-state index >= 15 is 0 Å². The molecule has 0 spiro atoms. The van der Waals surface area contributed by atoms with Gasteiger partial charge in [0, 0.05) is 13.1 Å². The number of halogens is 1. The second-order valence-electron chi connectivity index (χ2n) is 8.60. The summed E-state index contributed by atoms with van der Waals surface area (Å²) in [6, 6.07) is 22.8. The van der Waals surface area contributed by atoms with E-state index in [0.717, 1.165) is 22.7 Å². The standard InChI is InChI=1S/C28H32ClN3O4S/c1-3-4-19-30-28(34)22(2)31(20-23-13-7-5-8-14-23)27(33)21-32(26-18-12-11-17-25(26)29)37(35,36)24-15-9-6-10-16-24/h5-18,22H,3-4,19-21H2,1-2H3,(H,30,34)/t22-/m1/s1. The van der Waals surface area contributed by atoms with E-state index in [9.17, 15) is 18.0 Å². The maximum Gasteiger partial charge on any atom is 0.264 e. The third-order valence-corrected chi connectivity index (χ3v) is 8.02. The van der Waals surface area contributed by atoms with E-state index in [-0.39, 0.29) is 28.1 Å². The molecule has 0 radical (unpaired) electrons. The number of unbranched alkanes of at least 4 members (excludes halogenated alkanes) is 1. The van der Waals surface area contributed by atoms with Gasteiger partial charge in [-0.25, -0.2) is 8.42 Å². The maximum atomic E-state index is 13.8. The first-order valence-corrected chi connectivity index (χ1v) is 14.0. The van der Waals surface area contributed by atoms with Gasteiger partial charge in [-0.05, 0) is 43.2 Å². The van der Waals surface area contributed by atoms with Crippen molar-refractivity contribution in [2.75, 3.05) is 17.4 Å². The van der Waals surface area contributed by atoms with Crippen molar-refractivity contribution < 1.29 is 18.0 Å². The molecule has 2 amide bonds. The molecule has 7 nitrogen and oxygen atoms in total. The van der Waals surface area contributed by atoms with E-state index in [1.807, 2.05) is 37.3 Å². The highest BCUT2D eigenvalue weighted by molar-refractivity contribution is 7.92. The molecule has 0 aromatic heterocycles. The zero-order valence-electron chi connectivity index (χ0n) is 21.0. The Labute approximate surface area is 224 Å². The molecule has 3 aromatic rings.